The first-order valence-corrected chi connectivity index (χ1v) is 12.8. The van der Waals surface area contributed by atoms with Gasteiger partial charge in [0, 0.05) is 14.7 Å². The molecule has 0 aliphatic rings. The minimum Gasteiger partial charge on any atom is -0.493 e. The lowest BCUT2D eigenvalue weighted by molar-refractivity contribution is 0.201. The quantitative estimate of drug-likeness (QED) is 0.181. The van der Waals surface area contributed by atoms with Crippen molar-refractivity contribution in [3.8, 4) is 34.1 Å². The number of aliphatic hydroxyl groups excluding tert-OH is 1. The number of rotatable bonds is 10. The van der Waals surface area contributed by atoms with Crippen molar-refractivity contribution in [2.75, 3.05) is 13.2 Å². The summed E-state index contributed by atoms with van der Waals surface area (Å²) in [6.07, 6.45) is 4.08. The standard InChI is InChI=1S/C25H26ClIN4O4/c1-2-3-4-21(23-28-14-20(29-23)18-10-7-16(27)13-19(18)26)31-24(33)22(30-25(31)34)15-5-8-17(9-6-15)35-12-11-32/h5-10,13-14,21,32-33H,2-4,11-12H2,1H3,(H,28,29)(H,30,34)/t21-/m0/s1. The fourth-order valence-electron chi connectivity index (χ4n) is 3.95. The molecule has 184 valence electrons. The summed E-state index contributed by atoms with van der Waals surface area (Å²) in [5.74, 6) is 0.992. The molecule has 2 heterocycles. The lowest BCUT2D eigenvalue weighted by atomic mass is 10.1. The van der Waals surface area contributed by atoms with Gasteiger partial charge in [0.05, 0.1) is 29.6 Å². The molecular formula is C25H26ClIN4O4. The zero-order chi connectivity index (χ0) is 24.9. The highest BCUT2D eigenvalue weighted by Gasteiger charge is 2.25. The molecule has 0 unspecified atom stereocenters. The molecule has 0 aliphatic heterocycles. The van der Waals surface area contributed by atoms with Crippen LogP contribution in [0.5, 0.6) is 11.6 Å². The zero-order valence-electron chi connectivity index (χ0n) is 19.1. The second-order valence-corrected chi connectivity index (χ2v) is 9.71. The van der Waals surface area contributed by atoms with Crippen molar-refractivity contribution in [1.29, 1.82) is 0 Å². The smallest absolute Gasteiger partial charge is 0.329 e. The third kappa shape index (κ3) is 5.57. The van der Waals surface area contributed by atoms with E-state index in [1.54, 1.807) is 30.5 Å². The highest BCUT2D eigenvalue weighted by molar-refractivity contribution is 14.1. The molecule has 4 aromatic rings. The Kier molecular flexibility index (Phi) is 8.19. The predicted molar refractivity (Wildman–Crippen MR) is 144 cm³/mol. The maximum atomic E-state index is 13.0. The highest BCUT2D eigenvalue weighted by atomic mass is 127. The molecule has 1 atom stereocenters. The van der Waals surface area contributed by atoms with Crippen LogP contribution in [0.25, 0.3) is 22.5 Å². The third-order valence-corrected chi connectivity index (χ3v) is 6.66. The van der Waals surface area contributed by atoms with Crippen molar-refractivity contribution >= 4 is 34.2 Å². The number of aromatic nitrogens is 4. The summed E-state index contributed by atoms with van der Waals surface area (Å²) in [6.45, 7) is 2.18. The molecule has 10 heteroatoms. The SMILES string of the molecule is CCCC[C@@H](c1ncc(-c2ccc(I)cc2Cl)[nH]1)n1c(O)c(-c2ccc(OCCO)cc2)[nH]c1=O. The second-order valence-electron chi connectivity index (χ2n) is 8.06. The maximum Gasteiger partial charge on any atom is 0.329 e. The molecular weight excluding hydrogens is 583 g/mol. The number of aromatic hydroxyl groups is 1. The fourth-order valence-corrected chi connectivity index (χ4v) is 4.91. The van der Waals surface area contributed by atoms with Crippen LogP contribution in [0, 0.1) is 3.57 Å². The molecule has 0 fully saturated rings. The van der Waals surface area contributed by atoms with Crippen LogP contribution in [0.2, 0.25) is 5.02 Å². The number of aromatic amines is 2. The molecule has 8 nitrogen and oxygen atoms in total. The van der Waals surface area contributed by atoms with Crippen molar-refractivity contribution in [3.05, 3.63) is 73.6 Å². The van der Waals surface area contributed by atoms with Gasteiger partial charge in [-0.25, -0.2) is 9.78 Å². The molecule has 0 spiro atoms. The molecule has 35 heavy (non-hydrogen) atoms. The first kappa shape index (κ1) is 25.3. The van der Waals surface area contributed by atoms with Crippen LogP contribution in [0.1, 0.15) is 38.1 Å². The normalized spacial score (nSPS) is 12.1. The number of aliphatic hydroxyl groups is 1. The van der Waals surface area contributed by atoms with Crippen LogP contribution in [-0.2, 0) is 0 Å². The van der Waals surface area contributed by atoms with E-state index < -0.39 is 11.7 Å². The number of unbranched alkanes of at least 4 members (excludes halogenated alkanes) is 1. The number of nitrogens with zero attached hydrogens (tertiary/aromatic N) is 2. The second kappa shape index (κ2) is 11.3. The molecule has 2 aromatic carbocycles. The Bertz CT molecular complexity index is 1350. The number of halogens is 2. The van der Waals surface area contributed by atoms with Crippen molar-refractivity contribution < 1.29 is 14.9 Å². The molecule has 0 saturated heterocycles. The zero-order valence-corrected chi connectivity index (χ0v) is 22.0. The van der Waals surface area contributed by atoms with E-state index in [1.807, 2.05) is 18.2 Å². The lowest BCUT2D eigenvalue weighted by Gasteiger charge is -2.16. The van der Waals surface area contributed by atoms with Crippen molar-refractivity contribution in [2.24, 2.45) is 0 Å². The molecule has 0 amide bonds. The van der Waals surface area contributed by atoms with Crippen molar-refractivity contribution in [2.45, 2.75) is 32.2 Å². The monoisotopic (exact) mass is 608 g/mol. The summed E-state index contributed by atoms with van der Waals surface area (Å²) < 4.78 is 7.76. The van der Waals surface area contributed by atoms with E-state index in [0.717, 1.165) is 27.7 Å². The summed E-state index contributed by atoms with van der Waals surface area (Å²) in [5.41, 5.74) is 2.08. The van der Waals surface area contributed by atoms with E-state index in [9.17, 15) is 9.90 Å². The fraction of sp³-hybridized carbons (Fsp3) is 0.280. The lowest BCUT2D eigenvalue weighted by Crippen LogP contribution is -2.24. The molecule has 0 aliphatic carbocycles. The Morgan fingerprint density at radius 1 is 1.20 bits per heavy atom. The number of hydrogen-bond acceptors (Lipinski definition) is 5. The van der Waals surface area contributed by atoms with Crippen molar-refractivity contribution in [3.63, 3.8) is 0 Å². The van der Waals surface area contributed by atoms with E-state index >= 15 is 0 Å². The summed E-state index contributed by atoms with van der Waals surface area (Å²) >= 11 is 8.65. The number of imidazole rings is 2. The largest absolute Gasteiger partial charge is 0.493 e. The maximum absolute atomic E-state index is 13.0. The predicted octanol–water partition coefficient (Wildman–Crippen LogP) is 5.35. The molecule has 0 radical (unpaired) electrons. The van der Waals surface area contributed by atoms with Gasteiger partial charge in [-0.3, -0.25) is 4.57 Å². The number of hydrogen-bond donors (Lipinski definition) is 4. The van der Waals surface area contributed by atoms with Crippen LogP contribution in [-0.4, -0.2) is 42.9 Å². The van der Waals surface area contributed by atoms with Gasteiger partial charge in [0.1, 0.15) is 23.9 Å². The van der Waals surface area contributed by atoms with Crippen molar-refractivity contribution in [1.82, 2.24) is 19.5 Å². The third-order valence-electron chi connectivity index (χ3n) is 5.68. The Morgan fingerprint density at radius 2 is 1.97 bits per heavy atom. The van der Waals surface area contributed by atoms with Gasteiger partial charge in [0.25, 0.3) is 0 Å². The van der Waals surface area contributed by atoms with Gasteiger partial charge < -0.3 is 24.9 Å². The van der Waals surface area contributed by atoms with Gasteiger partial charge in [0.15, 0.2) is 0 Å². The summed E-state index contributed by atoms with van der Waals surface area (Å²) in [5, 5.41) is 20.6. The summed E-state index contributed by atoms with van der Waals surface area (Å²) in [7, 11) is 0. The van der Waals surface area contributed by atoms with Gasteiger partial charge in [-0.2, -0.15) is 0 Å². The number of benzene rings is 2. The number of H-pyrrole nitrogens is 2. The summed E-state index contributed by atoms with van der Waals surface area (Å²) in [6, 6.07) is 12.2. The van der Waals surface area contributed by atoms with E-state index in [0.29, 0.717) is 34.3 Å². The Hall–Kier alpha value is -2.76. The first-order chi connectivity index (χ1) is 16.9. The van der Waals surface area contributed by atoms with Gasteiger partial charge in [0.2, 0.25) is 5.88 Å². The minimum atomic E-state index is -0.490. The Balaban J connectivity index is 1.70. The molecule has 2 aromatic heterocycles. The van der Waals surface area contributed by atoms with E-state index in [2.05, 4.69) is 44.5 Å². The topological polar surface area (TPSA) is 116 Å². The van der Waals surface area contributed by atoms with Gasteiger partial charge in [-0.15, -0.1) is 0 Å². The van der Waals surface area contributed by atoms with Gasteiger partial charge >= 0.3 is 5.69 Å². The Morgan fingerprint density at radius 3 is 2.66 bits per heavy atom. The average Bonchev–Trinajstić information content (AvgIpc) is 3.44. The first-order valence-electron chi connectivity index (χ1n) is 11.3. The van der Waals surface area contributed by atoms with E-state index in [4.69, 9.17) is 21.4 Å². The minimum absolute atomic E-state index is 0.0812. The van der Waals surface area contributed by atoms with Crippen LogP contribution < -0.4 is 10.4 Å². The van der Waals surface area contributed by atoms with E-state index in [-0.39, 0.29) is 19.1 Å². The molecule has 0 bridgehead atoms. The number of nitrogens with one attached hydrogen (secondary N) is 2. The van der Waals surface area contributed by atoms with Crippen LogP contribution in [0.3, 0.4) is 0 Å². The number of ether oxygens (including phenoxy) is 1. The van der Waals surface area contributed by atoms with Crippen LogP contribution in [0.15, 0.2) is 53.5 Å². The average molecular weight is 609 g/mol. The van der Waals surface area contributed by atoms with E-state index in [1.165, 1.54) is 4.57 Å². The molecule has 4 rings (SSSR count). The van der Waals surface area contributed by atoms with Gasteiger partial charge in [-0.05, 0) is 65.4 Å². The summed E-state index contributed by atoms with van der Waals surface area (Å²) in [4.78, 5) is 23.7. The molecule has 4 N–H and O–H groups in total. The van der Waals surface area contributed by atoms with Crippen LogP contribution >= 0.6 is 34.2 Å². The van der Waals surface area contributed by atoms with Gasteiger partial charge in [-0.1, -0.05) is 37.4 Å². The highest BCUT2D eigenvalue weighted by Crippen LogP contribution is 2.34. The Labute approximate surface area is 221 Å². The molecule has 0 saturated carbocycles. The van der Waals surface area contributed by atoms with Crippen LogP contribution in [0.4, 0.5) is 0 Å².